The van der Waals surface area contributed by atoms with Gasteiger partial charge in [-0.05, 0) is 69.7 Å². The fourth-order valence-electron chi connectivity index (χ4n) is 3.76. The predicted molar refractivity (Wildman–Crippen MR) is 122 cm³/mol. The second-order valence-corrected chi connectivity index (χ2v) is 10.6. The molecule has 2 aromatic carbocycles. The molecule has 0 radical (unpaired) electrons. The second-order valence-electron chi connectivity index (χ2n) is 9.12. The molecule has 3 aromatic rings. The maximum atomic E-state index is 15.5. The van der Waals surface area contributed by atoms with Gasteiger partial charge in [0.15, 0.2) is 11.9 Å². The van der Waals surface area contributed by atoms with E-state index in [1.165, 1.54) is 24.2 Å². The Labute approximate surface area is 190 Å². The van der Waals surface area contributed by atoms with Crippen LogP contribution in [0.2, 0.25) is 5.02 Å². The van der Waals surface area contributed by atoms with Crippen LogP contribution >= 0.6 is 22.9 Å². The van der Waals surface area contributed by atoms with Crippen molar-refractivity contribution in [2.24, 2.45) is 5.92 Å². The van der Waals surface area contributed by atoms with Gasteiger partial charge in [-0.15, -0.1) is 11.3 Å². The summed E-state index contributed by atoms with van der Waals surface area (Å²) in [5.41, 5.74) is 1.56. The van der Waals surface area contributed by atoms with E-state index in [2.05, 4.69) is 4.98 Å². The van der Waals surface area contributed by atoms with E-state index < -0.39 is 23.5 Å². The molecular formula is C24H25ClFNO3S. The Bertz CT molecular complexity index is 1150. The predicted octanol–water partition coefficient (Wildman–Crippen LogP) is 6.96. The number of halogens is 2. The molecule has 1 aliphatic rings. The number of hydrogen-bond acceptors (Lipinski definition) is 4. The molecule has 1 fully saturated rings. The molecule has 1 saturated carbocycles. The highest BCUT2D eigenvalue weighted by atomic mass is 35.5. The largest absolute Gasteiger partial charge is 0.479 e. The van der Waals surface area contributed by atoms with Crippen LogP contribution in [-0.2, 0) is 16.0 Å². The summed E-state index contributed by atoms with van der Waals surface area (Å²) in [5.74, 6) is -1.03. The normalized spacial score (nSPS) is 15.4. The quantitative estimate of drug-likeness (QED) is 0.431. The molecule has 0 spiro atoms. The van der Waals surface area contributed by atoms with Gasteiger partial charge in [-0.2, -0.15) is 0 Å². The fraction of sp³-hybridized carbons (Fsp3) is 0.417. The molecule has 0 unspecified atom stereocenters. The summed E-state index contributed by atoms with van der Waals surface area (Å²) in [6.07, 6.45) is 1.85. The summed E-state index contributed by atoms with van der Waals surface area (Å²) < 4.78 is 22.1. The Balaban J connectivity index is 2.02. The summed E-state index contributed by atoms with van der Waals surface area (Å²) >= 11 is 7.54. The molecule has 0 amide bonds. The molecule has 1 aromatic heterocycles. The van der Waals surface area contributed by atoms with E-state index in [4.69, 9.17) is 16.3 Å². The molecule has 31 heavy (non-hydrogen) atoms. The number of rotatable bonds is 6. The number of nitrogens with zero attached hydrogens (tertiary/aromatic N) is 1. The molecule has 164 valence electrons. The van der Waals surface area contributed by atoms with Crippen LogP contribution in [0.25, 0.3) is 21.3 Å². The van der Waals surface area contributed by atoms with Crippen LogP contribution in [0.3, 0.4) is 0 Å². The summed E-state index contributed by atoms with van der Waals surface area (Å²) in [6.45, 7) is 6.96. The zero-order valence-electron chi connectivity index (χ0n) is 18.0. The summed E-state index contributed by atoms with van der Waals surface area (Å²) in [7, 11) is 0. The number of carbonyl (C=O) groups is 1. The zero-order valence-corrected chi connectivity index (χ0v) is 19.5. The first-order valence-electron chi connectivity index (χ1n) is 10.3. The second kappa shape index (κ2) is 8.15. The molecule has 0 aliphatic heterocycles. The van der Waals surface area contributed by atoms with Gasteiger partial charge >= 0.3 is 5.97 Å². The Hall–Kier alpha value is -2.02. The third-order valence-electron chi connectivity index (χ3n) is 5.36. The minimum absolute atomic E-state index is 0.248. The molecule has 4 nitrogen and oxygen atoms in total. The van der Waals surface area contributed by atoms with Gasteiger partial charge < -0.3 is 9.84 Å². The SMILES string of the molecule is Cc1c([C@H](OC(C)(C)C)C(=O)O)c(-c2ccc(Cl)cc2)c2sc(CC3CC3)nc2c1F. The number of carboxylic acid groups (broad SMARTS) is 1. The number of benzene rings is 2. The smallest absolute Gasteiger partial charge is 0.337 e. The van der Waals surface area contributed by atoms with E-state index >= 15 is 4.39 Å². The highest BCUT2D eigenvalue weighted by Gasteiger charge is 2.34. The zero-order chi connectivity index (χ0) is 22.5. The topological polar surface area (TPSA) is 59.4 Å². The first-order chi connectivity index (χ1) is 14.5. The molecular weight excluding hydrogens is 437 g/mol. The van der Waals surface area contributed by atoms with Crippen molar-refractivity contribution in [3.8, 4) is 11.1 Å². The van der Waals surface area contributed by atoms with E-state index in [0.29, 0.717) is 32.3 Å². The van der Waals surface area contributed by atoms with Crippen molar-refractivity contribution in [1.29, 1.82) is 0 Å². The number of aliphatic carboxylic acids is 1. The number of aromatic nitrogens is 1. The van der Waals surface area contributed by atoms with Crippen molar-refractivity contribution < 1.29 is 19.0 Å². The van der Waals surface area contributed by atoms with E-state index in [9.17, 15) is 9.90 Å². The lowest BCUT2D eigenvalue weighted by atomic mass is 9.91. The van der Waals surface area contributed by atoms with Crippen LogP contribution in [0.4, 0.5) is 4.39 Å². The third-order valence-corrected chi connectivity index (χ3v) is 6.71. The van der Waals surface area contributed by atoms with Crippen molar-refractivity contribution in [3.05, 3.63) is 51.2 Å². The first kappa shape index (κ1) is 22.2. The molecule has 1 atom stereocenters. The van der Waals surface area contributed by atoms with Crippen LogP contribution in [-0.4, -0.2) is 21.7 Å². The van der Waals surface area contributed by atoms with Gasteiger partial charge in [0.05, 0.1) is 15.3 Å². The first-order valence-corrected chi connectivity index (χ1v) is 11.5. The molecule has 0 bridgehead atoms. The number of carboxylic acids is 1. The number of fused-ring (bicyclic) bond motifs is 1. The molecule has 1 heterocycles. The van der Waals surface area contributed by atoms with Gasteiger partial charge in [0.1, 0.15) is 5.52 Å². The van der Waals surface area contributed by atoms with Crippen molar-refractivity contribution in [2.45, 2.75) is 58.7 Å². The van der Waals surface area contributed by atoms with E-state index in [-0.39, 0.29) is 5.56 Å². The van der Waals surface area contributed by atoms with Crippen LogP contribution < -0.4 is 0 Å². The Morgan fingerprint density at radius 1 is 1.32 bits per heavy atom. The third kappa shape index (κ3) is 4.61. The van der Waals surface area contributed by atoms with Gasteiger partial charge in [-0.25, -0.2) is 14.2 Å². The van der Waals surface area contributed by atoms with Crippen LogP contribution in [0.15, 0.2) is 24.3 Å². The highest BCUT2D eigenvalue weighted by molar-refractivity contribution is 7.19. The van der Waals surface area contributed by atoms with Crippen molar-refractivity contribution >= 4 is 39.1 Å². The van der Waals surface area contributed by atoms with Crippen LogP contribution in [0, 0.1) is 18.7 Å². The fourth-order valence-corrected chi connectivity index (χ4v) is 5.14. The van der Waals surface area contributed by atoms with Gasteiger partial charge in [0.25, 0.3) is 0 Å². The molecule has 4 rings (SSSR count). The van der Waals surface area contributed by atoms with Crippen molar-refractivity contribution in [2.75, 3.05) is 0 Å². The number of hydrogen-bond donors (Lipinski definition) is 1. The van der Waals surface area contributed by atoms with Gasteiger partial charge in [-0.3, -0.25) is 0 Å². The molecule has 7 heteroatoms. The van der Waals surface area contributed by atoms with E-state index in [1.807, 2.05) is 12.1 Å². The average molecular weight is 462 g/mol. The average Bonchev–Trinajstić information content (AvgIpc) is 3.39. The van der Waals surface area contributed by atoms with Gasteiger partial charge in [0, 0.05) is 22.6 Å². The monoisotopic (exact) mass is 461 g/mol. The lowest BCUT2D eigenvalue weighted by molar-refractivity contribution is -0.160. The molecule has 1 N–H and O–H groups in total. The van der Waals surface area contributed by atoms with Crippen molar-refractivity contribution in [1.82, 2.24) is 4.98 Å². The molecule has 1 aliphatic carbocycles. The van der Waals surface area contributed by atoms with Crippen molar-refractivity contribution in [3.63, 3.8) is 0 Å². The van der Waals surface area contributed by atoms with Gasteiger partial charge in [-0.1, -0.05) is 23.7 Å². The Morgan fingerprint density at radius 2 is 1.97 bits per heavy atom. The minimum atomic E-state index is -1.32. The van der Waals surface area contributed by atoms with Crippen LogP contribution in [0.1, 0.15) is 55.9 Å². The maximum absolute atomic E-state index is 15.5. The highest BCUT2D eigenvalue weighted by Crippen LogP contribution is 2.45. The standard InChI is InChI=1S/C24H25ClFNO3S/c1-12-17(21(23(28)29)30-24(2,3)4)18(14-7-9-15(25)10-8-14)22-20(19(12)26)27-16(31-22)11-13-5-6-13/h7-10,13,21H,5-6,11H2,1-4H3,(H,28,29)/t21-/m0/s1. The maximum Gasteiger partial charge on any atom is 0.337 e. The minimum Gasteiger partial charge on any atom is -0.479 e. The summed E-state index contributed by atoms with van der Waals surface area (Å²) in [6, 6.07) is 7.15. The van der Waals surface area contributed by atoms with E-state index in [0.717, 1.165) is 17.0 Å². The number of ether oxygens (including phenoxy) is 1. The Morgan fingerprint density at radius 3 is 2.52 bits per heavy atom. The van der Waals surface area contributed by atoms with E-state index in [1.54, 1.807) is 39.8 Å². The summed E-state index contributed by atoms with van der Waals surface area (Å²) in [5, 5.41) is 11.5. The molecule has 0 saturated heterocycles. The lowest BCUT2D eigenvalue weighted by Gasteiger charge is -2.28. The van der Waals surface area contributed by atoms with Gasteiger partial charge in [0.2, 0.25) is 0 Å². The number of thiazole rings is 1. The summed E-state index contributed by atoms with van der Waals surface area (Å²) in [4.78, 5) is 16.9. The lowest BCUT2D eigenvalue weighted by Crippen LogP contribution is -2.28. The van der Waals surface area contributed by atoms with Crippen LogP contribution in [0.5, 0.6) is 0 Å². The Kier molecular flexibility index (Phi) is 5.83.